The molecule has 0 spiro atoms. The Hall–Kier alpha value is -2.99. The maximum absolute atomic E-state index is 12.2. The average molecular weight is 375 g/mol. The summed E-state index contributed by atoms with van der Waals surface area (Å²) >= 11 is 6.04. The van der Waals surface area contributed by atoms with Gasteiger partial charge in [-0.3, -0.25) is 9.59 Å². The van der Waals surface area contributed by atoms with Crippen LogP contribution in [0.3, 0.4) is 0 Å². The first-order valence-electron chi connectivity index (χ1n) is 7.71. The van der Waals surface area contributed by atoms with Gasteiger partial charge in [-0.05, 0) is 23.8 Å². The highest BCUT2D eigenvalue weighted by atomic mass is 35.5. The summed E-state index contributed by atoms with van der Waals surface area (Å²) in [5, 5.41) is 5.65. The largest absolute Gasteiger partial charge is 0.495 e. The summed E-state index contributed by atoms with van der Waals surface area (Å²) in [6.07, 6.45) is 3.03. The molecule has 7 heteroatoms. The zero-order valence-corrected chi connectivity index (χ0v) is 15.4. The van der Waals surface area contributed by atoms with E-state index in [4.69, 9.17) is 21.1 Å². The van der Waals surface area contributed by atoms with Crippen molar-refractivity contribution in [2.45, 2.75) is 0 Å². The molecule has 2 aromatic carbocycles. The van der Waals surface area contributed by atoms with E-state index in [0.717, 1.165) is 5.56 Å². The molecular weight excluding hydrogens is 356 g/mol. The molecule has 0 radical (unpaired) electrons. The standard InChI is InChI=1S/C19H19ClN2O4/c1-21-19(24)13-7-4-12(5-8-13)6-9-18(23)22-15-11-16(25-2)14(20)10-17(15)26-3/h4-11H,1-3H3,(H,21,24)(H,22,23)/b9-6+. The molecule has 0 heterocycles. The quantitative estimate of drug-likeness (QED) is 0.760. The normalized spacial score (nSPS) is 10.5. The number of nitrogens with one attached hydrogen (secondary N) is 2. The molecule has 0 saturated carbocycles. The van der Waals surface area contributed by atoms with E-state index in [2.05, 4.69) is 10.6 Å². The highest BCUT2D eigenvalue weighted by molar-refractivity contribution is 6.32. The Bertz CT molecular complexity index is 832. The first kappa shape index (κ1) is 19.3. The fraction of sp³-hybridized carbons (Fsp3) is 0.158. The number of anilines is 1. The minimum atomic E-state index is -0.344. The molecule has 0 aromatic heterocycles. The minimum absolute atomic E-state index is 0.165. The molecule has 0 aliphatic heterocycles. The Morgan fingerprint density at radius 3 is 2.27 bits per heavy atom. The average Bonchev–Trinajstić information content (AvgIpc) is 2.67. The molecular formula is C19H19ClN2O4. The van der Waals surface area contributed by atoms with Gasteiger partial charge in [-0.25, -0.2) is 0 Å². The number of hydrogen-bond acceptors (Lipinski definition) is 4. The molecule has 6 nitrogen and oxygen atoms in total. The van der Waals surface area contributed by atoms with Gasteiger partial charge in [0.15, 0.2) is 0 Å². The van der Waals surface area contributed by atoms with E-state index in [0.29, 0.717) is 27.8 Å². The fourth-order valence-corrected chi connectivity index (χ4v) is 2.43. The van der Waals surface area contributed by atoms with Gasteiger partial charge in [-0.15, -0.1) is 0 Å². The zero-order chi connectivity index (χ0) is 19.1. The second-order valence-corrected chi connectivity index (χ2v) is 5.62. The van der Waals surface area contributed by atoms with E-state index >= 15 is 0 Å². The topological polar surface area (TPSA) is 76.7 Å². The smallest absolute Gasteiger partial charge is 0.251 e. The molecule has 26 heavy (non-hydrogen) atoms. The third-order valence-electron chi connectivity index (χ3n) is 3.56. The van der Waals surface area contributed by atoms with Gasteiger partial charge in [0.25, 0.3) is 5.91 Å². The number of rotatable bonds is 6. The summed E-state index contributed by atoms with van der Waals surface area (Å²) < 4.78 is 10.4. The fourth-order valence-electron chi connectivity index (χ4n) is 2.19. The SMILES string of the molecule is CNC(=O)c1ccc(/C=C/C(=O)Nc2cc(OC)c(Cl)cc2OC)cc1. The summed E-state index contributed by atoms with van der Waals surface area (Å²) in [5.41, 5.74) is 1.78. The van der Waals surface area contributed by atoms with Crippen molar-refractivity contribution in [3.05, 3.63) is 58.6 Å². The minimum Gasteiger partial charge on any atom is -0.495 e. The van der Waals surface area contributed by atoms with Crippen LogP contribution in [0.25, 0.3) is 6.08 Å². The molecule has 0 unspecified atom stereocenters. The van der Waals surface area contributed by atoms with Crippen LogP contribution in [-0.4, -0.2) is 33.1 Å². The second-order valence-electron chi connectivity index (χ2n) is 5.21. The lowest BCUT2D eigenvalue weighted by Gasteiger charge is -2.12. The monoisotopic (exact) mass is 374 g/mol. The molecule has 2 aromatic rings. The molecule has 0 aliphatic rings. The van der Waals surface area contributed by atoms with Crippen molar-refractivity contribution in [1.29, 1.82) is 0 Å². The van der Waals surface area contributed by atoms with Crippen LogP contribution >= 0.6 is 11.6 Å². The summed E-state index contributed by atoms with van der Waals surface area (Å²) in [6, 6.07) is 10.0. The zero-order valence-electron chi connectivity index (χ0n) is 14.6. The predicted octanol–water partition coefficient (Wildman–Crippen LogP) is 3.37. The highest BCUT2D eigenvalue weighted by Crippen LogP contribution is 2.35. The van der Waals surface area contributed by atoms with Gasteiger partial charge >= 0.3 is 0 Å². The van der Waals surface area contributed by atoms with Gasteiger partial charge in [0.1, 0.15) is 11.5 Å². The Balaban J connectivity index is 2.11. The number of hydrogen-bond donors (Lipinski definition) is 2. The van der Waals surface area contributed by atoms with Crippen molar-refractivity contribution < 1.29 is 19.1 Å². The summed E-state index contributed by atoms with van der Waals surface area (Å²) in [5.74, 6) is 0.342. The van der Waals surface area contributed by atoms with E-state index in [1.54, 1.807) is 49.5 Å². The molecule has 0 bridgehead atoms. The number of methoxy groups -OCH3 is 2. The van der Waals surface area contributed by atoms with Crippen molar-refractivity contribution >= 4 is 35.2 Å². The van der Waals surface area contributed by atoms with Crippen LogP contribution in [0.4, 0.5) is 5.69 Å². The van der Waals surface area contributed by atoms with Crippen LogP contribution < -0.4 is 20.1 Å². The Morgan fingerprint density at radius 1 is 1.04 bits per heavy atom. The first-order valence-corrected chi connectivity index (χ1v) is 8.09. The number of halogens is 1. The third-order valence-corrected chi connectivity index (χ3v) is 3.85. The van der Waals surface area contributed by atoms with Crippen LogP contribution in [0.15, 0.2) is 42.5 Å². The molecule has 136 valence electrons. The van der Waals surface area contributed by atoms with Crippen molar-refractivity contribution in [3.8, 4) is 11.5 Å². The third kappa shape index (κ3) is 4.77. The van der Waals surface area contributed by atoms with Crippen LogP contribution in [0.5, 0.6) is 11.5 Å². The summed E-state index contributed by atoms with van der Waals surface area (Å²) in [6.45, 7) is 0. The number of amides is 2. The molecule has 2 amide bonds. The van der Waals surface area contributed by atoms with E-state index < -0.39 is 0 Å². The predicted molar refractivity (Wildman–Crippen MR) is 102 cm³/mol. The van der Waals surface area contributed by atoms with E-state index in [1.807, 2.05) is 0 Å². The first-order chi connectivity index (χ1) is 12.5. The highest BCUT2D eigenvalue weighted by Gasteiger charge is 2.11. The number of ether oxygens (including phenoxy) is 2. The van der Waals surface area contributed by atoms with Gasteiger partial charge < -0.3 is 20.1 Å². The lowest BCUT2D eigenvalue weighted by molar-refractivity contribution is -0.111. The summed E-state index contributed by atoms with van der Waals surface area (Å²) in [7, 11) is 4.54. The van der Waals surface area contributed by atoms with Gasteiger partial charge in [0.05, 0.1) is 24.9 Å². The van der Waals surface area contributed by atoms with E-state index in [9.17, 15) is 9.59 Å². The van der Waals surface area contributed by atoms with Crippen LogP contribution in [0, 0.1) is 0 Å². The van der Waals surface area contributed by atoms with Gasteiger partial charge in [-0.1, -0.05) is 23.7 Å². The molecule has 0 fully saturated rings. The van der Waals surface area contributed by atoms with E-state index in [-0.39, 0.29) is 11.8 Å². The number of benzene rings is 2. The van der Waals surface area contributed by atoms with Crippen LogP contribution in [-0.2, 0) is 4.79 Å². The summed E-state index contributed by atoms with van der Waals surface area (Å²) in [4.78, 5) is 23.7. The van der Waals surface area contributed by atoms with E-state index in [1.165, 1.54) is 20.3 Å². The van der Waals surface area contributed by atoms with Crippen molar-refractivity contribution in [3.63, 3.8) is 0 Å². The van der Waals surface area contributed by atoms with Crippen molar-refractivity contribution in [1.82, 2.24) is 5.32 Å². The van der Waals surface area contributed by atoms with Gasteiger partial charge in [0, 0.05) is 30.8 Å². The Morgan fingerprint density at radius 2 is 1.69 bits per heavy atom. The lowest BCUT2D eigenvalue weighted by Crippen LogP contribution is -2.17. The second kappa shape index (κ2) is 8.92. The lowest BCUT2D eigenvalue weighted by atomic mass is 10.1. The van der Waals surface area contributed by atoms with Crippen LogP contribution in [0.2, 0.25) is 5.02 Å². The van der Waals surface area contributed by atoms with Gasteiger partial charge in [-0.2, -0.15) is 0 Å². The maximum atomic E-state index is 12.2. The molecule has 2 rings (SSSR count). The maximum Gasteiger partial charge on any atom is 0.251 e. The Kier molecular flexibility index (Phi) is 6.63. The molecule has 0 atom stereocenters. The molecule has 0 saturated heterocycles. The van der Waals surface area contributed by atoms with Crippen molar-refractivity contribution in [2.24, 2.45) is 0 Å². The van der Waals surface area contributed by atoms with Gasteiger partial charge in [0.2, 0.25) is 5.91 Å². The molecule has 0 aliphatic carbocycles. The number of carbonyl (C=O) groups excluding carboxylic acids is 2. The van der Waals surface area contributed by atoms with Crippen LogP contribution in [0.1, 0.15) is 15.9 Å². The number of carbonyl (C=O) groups is 2. The Labute approximate surface area is 156 Å². The molecule has 2 N–H and O–H groups in total. The van der Waals surface area contributed by atoms with Crippen molar-refractivity contribution in [2.75, 3.05) is 26.6 Å².